The minimum absolute atomic E-state index is 0.116. The lowest BCUT2D eigenvalue weighted by Crippen LogP contribution is -2.39. The van der Waals surface area contributed by atoms with E-state index in [0.717, 1.165) is 47.8 Å². The number of nitrogens with zero attached hydrogens (tertiary/aromatic N) is 3. The van der Waals surface area contributed by atoms with Crippen LogP contribution in [0, 0.1) is 0 Å². The van der Waals surface area contributed by atoms with E-state index in [9.17, 15) is 4.79 Å². The van der Waals surface area contributed by atoms with Crippen LogP contribution in [0.4, 0.5) is 10.5 Å². The summed E-state index contributed by atoms with van der Waals surface area (Å²) < 4.78 is 5.24. The van der Waals surface area contributed by atoms with Gasteiger partial charge in [0.15, 0.2) is 0 Å². The molecular weight excluding hydrogens is 408 g/mol. The molecule has 7 heteroatoms. The number of para-hydroxylation sites is 1. The number of hydrazone groups is 1. The Morgan fingerprint density at radius 1 is 1.29 bits per heavy atom. The van der Waals surface area contributed by atoms with Gasteiger partial charge in [0.2, 0.25) is 0 Å². The van der Waals surface area contributed by atoms with Gasteiger partial charge in [0.1, 0.15) is 11.6 Å². The lowest BCUT2D eigenvalue weighted by atomic mass is 9.93. The van der Waals surface area contributed by atoms with Gasteiger partial charge in [-0.1, -0.05) is 30.0 Å². The van der Waals surface area contributed by atoms with Gasteiger partial charge >= 0.3 is 0 Å². The largest absolute Gasteiger partial charge is 0.496 e. The molecule has 2 aromatic rings. The topological polar surface area (TPSA) is 66.3 Å². The molecule has 0 fully saturated rings. The Hall–Kier alpha value is -2.80. The number of aliphatic imine (C=N–C) groups is 1. The predicted octanol–water partition coefficient (Wildman–Crippen LogP) is 4.85. The number of hydrogen-bond acceptors (Lipinski definition) is 5. The molecule has 2 aromatic carbocycles. The zero-order valence-electron chi connectivity index (χ0n) is 18.4. The third-order valence-corrected chi connectivity index (χ3v) is 6.54. The van der Waals surface area contributed by atoms with Crippen LogP contribution in [0.2, 0.25) is 0 Å². The summed E-state index contributed by atoms with van der Waals surface area (Å²) in [6, 6.07) is 14.5. The zero-order chi connectivity index (χ0) is 22.0. The van der Waals surface area contributed by atoms with Gasteiger partial charge in [0.05, 0.1) is 23.1 Å². The molecule has 2 heterocycles. The number of nitrogens with one attached hydrogen (secondary N) is 1. The smallest absolute Gasteiger partial charge is 0.300 e. The molecule has 0 bridgehead atoms. The van der Waals surface area contributed by atoms with Crippen molar-refractivity contribution in [1.29, 1.82) is 0 Å². The van der Waals surface area contributed by atoms with Crippen molar-refractivity contribution < 1.29 is 9.53 Å². The summed E-state index contributed by atoms with van der Waals surface area (Å²) >= 11 is 1.27. The summed E-state index contributed by atoms with van der Waals surface area (Å²) in [5.41, 5.74) is 7.98. The molecule has 2 aliphatic heterocycles. The molecule has 162 valence electrons. The molecule has 6 nitrogen and oxygen atoms in total. The number of amides is 1. The highest BCUT2D eigenvalue weighted by atomic mass is 32.2. The van der Waals surface area contributed by atoms with E-state index in [0.29, 0.717) is 6.54 Å². The molecule has 0 aliphatic carbocycles. The van der Waals surface area contributed by atoms with E-state index in [4.69, 9.17) is 9.73 Å². The first-order valence-electron chi connectivity index (χ1n) is 10.6. The second-order valence-corrected chi connectivity index (χ2v) is 9.66. The quantitative estimate of drug-likeness (QED) is 0.549. The molecule has 1 N–H and O–H groups in total. The highest BCUT2D eigenvalue weighted by molar-refractivity contribution is 8.15. The SMILES string of the molecule is CC/N=C(/c1ccccc1OC)N1CCCc2cc(C3=NNC(=O)SC3(C)C)ccc21. The zero-order valence-corrected chi connectivity index (χ0v) is 19.3. The first kappa shape index (κ1) is 21.4. The van der Waals surface area contributed by atoms with Gasteiger partial charge in [-0.3, -0.25) is 9.79 Å². The van der Waals surface area contributed by atoms with Crippen molar-refractivity contribution >= 4 is 34.2 Å². The maximum Gasteiger partial charge on any atom is 0.300 e. The molecule has 0 aromatic heterocycles. The van der Waals surface area contributed by atoms with Gasteiger partial charge < -0.3 is 9.64 Å². The summed E-state index contributed by atoms with van der Waals surface area (Å²) in [4.78, 5) is 18.9. The molecule has 0 spiro atoms. The highest BCUT2D eigenvalue weighted by Crippen LogP contribution is 2.36. The maximum absolute atomic E-state index is 11.8. The standard InChI is InChI=1S/C24H28N4O2S/c1-5-25-22(18-10-6-7-11-20(18)30-4)28-14-8-9-16-15-17(12-13-19(16)28)21-24(2,3)31-23(29)27-26-21/h6-7,10-13,15H,5,8-9,14H2,1-4H3,(H,27,29)/b25-22-. The normalized spacial score (nSPS) is 18.2. The van der Waals surface area contributed by atoms with Crippen LogP contribution < -0.4 is 15.1 Å². The number of aryl methyl sites for hydroxylation is 1. The van der Waals surface area contributed by atoms with E-state index in [1.807, 2.05) is 32.0 Å². The molecule has 31 heavy (non-hydrogen) atoms. The van der Waals surface area contributed by atoms with Gasteiger partial charge in [-0.05, 0) is 69.0 Å². The van der Waals surface area contributed by atoms with E-state index in [-0.39, 0.29) is 9.99 Å². The highest BCUT2D eigenvalue weighted by Gasteiger charge is 2.34. The van der Waals surface area contributed by atoms with Crippen LogP contribution in [-0.2, 0) is 6.42 Å². The lowest BCUT2D eigenvalue weighted by Gasteiger charge is -2.34. The number of methoxy groups -OCH3 is 1. The van der Waals surface area contributed by atoms with Gasteiger partial charge in [-0.25, -0.2) is 5.43 Å². The van der Waals surface area contributed by atoms with Crippen molar-refractivity contribution in [1.82, 2.24) is 5.43 Å². The molecule has 0 unspecified atom stereocenters. The van der Waals surface area contributed by atoms with Crippen molar-refractivity contribution in [3.05, 3.63) is 59.2 Å². The summed E-state index contributed by atoms with van der Waals surface area (Å²) in [5.74, 6) is 1.76. The molecule has 0 saturated carbocycles. The van der Waals surface area contributed by atoms with E-state index in [1.165, 1.54) is 23.0 Å². The van der Waals surface area contributed by atoms with E-state index < -0.39 is 0 Å². The molecular formula is C24H28N4O2S. The van der Waals surface area contributed by atoms with E-state index >= 15 is 0 Å². The van der Waals surface area contributed by atoms with Crippen LogP contribution in [0.1, 0.15) is 43.9 Å². The average molecular weight is 437 g/mol. The Morgan fingerprint density at radius 2 is 2.10 bits per heavy atom. The number of anilines is 1. The van der Waals surface area contributed by atoms with Gasteiger partial charge in [0.25, 0.3) is 5.24 Å². The van der Waals surface area contributed by atoms with Crippen molar-refractivity contribution in [2.75, 3.05) is 25.1 Å². The number of amidine groups is 1. The van der Waals surface area contributed by atoms with E-state index in [2.05, 4.69) is 46.6 Å². The van der Waals surface area contributed by atoms with Crippen LogP contribution in [-0.4, -0.2) is 41.7 Å². The van der Waals surface area contributed by atoms with E-state index in [1.54, 1.807) is 7.11 Å². The number of hydrogen-bond donors (Lipinski definition) is 1. The monoisotopic (exact) mass is 436 g/mol. The fourth-order valence-corrected chi connectivity index (χ4v) is 5.03. The number of rotatable bonds is 4. The summed E-state index contributed by atoms with van der Waals surface area (Å²) in [6.07, 6.45) is 2.04. The van der Waals surface area contributed by atoms with Crippen molar-refractivity contribution in [3.63, 3.8) is 0 Å². The van der Waals surface area contributed by atoms with Crippen molar-refractivity contribution in [3.8, 4) is 5.75 Å². The molecule has 0 saturated heterocycles. The predicted molar refractivity (Wildman–Crippen MR) is 129 cm³/mol. The van der Waals surface area contributed by atoms with Gasteiger partial charge in [-0.2, -0.15) is 5.10 Å². The Labute approximate surface area is 187 Å². The molecule has 2 aliphatic rings. The Balaban J connectivity index is 1.75. The second kappa shape index (κ2) is 8.75. The Morgan fingerprint density at radius 3 is 2.84 bits per heavy atom. The van der Waals surface area contributed by atoms with Gasteiger partial charge in [0, 0.05) is 18.8 Å². The van der Waals surface area contributed by atoms with Crippen LogP contribution in [0.3, 0.4) is 0 Å². The third kappa shape index (κ3) is 4.19. The fourth-order valence-electron chi connectivity index (χ4n) is 4.21. The number of carbonyl (C=O) groups excluding carboxylic acids is 1. The Bertz CT molecular complexity index is 1060. The van der Waals surface area contributed by atoms with Crippen LogP contribution in [0.5, 0.6) is 5.75 Å². The molecule has 4 rings (SSSR count). The molecule has 0 radical (unpaired) electrons. The first-order chi connectivity index (χ1) is 14.9. The minimum atomic E-state index is -0.378. The van der Waals surface area contributed by atoms with Crippen molar-refractivity contribution in [2.24, 2.45) is 10.1 Å². The van der Waals surface area contributed by atoms with Crippen molar-refractivity contribution in [2.45, 2.75) is 38.4 Å². The first-order valence-corrected chi connectivity index (χ1v) is 11.4. The van der Waals surface area contributed by atoms with Crippen LogP contribution >= 0.6 is 11.8 Å². The van der Waals surface area contributed by atoms with Crippen LogP contribution in [0.25, 0.3) is 0 Å². The Kier molecular flexibility index (Phi) is 6.05. The van der Waals surface area contributed by atoms with Gasteiger partial charge in [-0.15, -0.1) is 0 Å². The third-order valence-electron chi connectivity index (χ3n) is 5.56. The number of ether oxygens (including phenoxy) is 1. The number of benzene rings is 2. The fraction of sp³-hybridized carbons (Fsp3) is 0.375. The number of fused-ring (bicyclic) bond motifs is 1. The summed E-state index contributed by atoms with van der Waals surface area (Å²) in [6.45, 7) is 7.72. The number of thioether (sulfide) groups is 1. The molecule has 0 atom stereocenters. The molecule has 1 amide bonds. The van der Waals surface area contributed by atoms with Crippen LogP contribution in [0.15, 0.2) is 52.6 Å². The number of carbonyl (C=O) groups is 1. The lowest BCUT2D eigenvalue weighted by molar-refractivity contribution is 0.260. The summed E-state index contributed by atoms with van der Waals surface area (Å²) in [7, 11) is 1.70. The maximum atomic E-state index is 11.8. The average Bonchev–Trinajstić information content (AvgIpc) is 2.76. The minimum Gasteiger partial charge on any atom is -0.496 e. The second-order valence-electron chi connectivity index (χ2n) is 8.07. The summed E-state index contributed by atoms with van der Waals surface area (Å²) in [5, 5.41) is 4.26.